The smallest absolute Gasteiger partial charge is 0.339 e. The predicted octanol–water partition coefficient (Wildman–Crippen LogP) is 1.31. The van der Waals surface area contributed by atoms with Crippen LogP contribution in [-0.2, 0) is 9.53 Å². The fourth-order valence-corrected chi connectivity index (χ4v) is 2.53. The lowest BCUT2D eigenvalue weighted by molar-refractivity contribution is -0.123. The number of imidazole rings is 1. The molecular weight excluding hydrogens is 354 g/mol. The number of ether oxygens (including phenoxy) is 3. The normalized spacial score (nSPS) is 13.8. The van der Waals surface area contributed by atoms with Crippen LogP contribution in [0, 0.1) is 0 Å². The Morgan fingerprint density at radius 2 is 2.00 bits per heavy atom. The number of H-pyrrole nitrogens is 1. The molecule has 1 aromatic carbocycles. The third kappa shape index (κ3) is 3.36. The van der Waals surface area contributed by atoms with E-state index < -0.39 is 18.0 Å². The maximum Gasteiger partial charge on any atom is 0.339 e. The summed E-state index contributed by atoms with van der Waals surface area (Å²) in [4.78, 5) is 39.5. The van der Waals surface area contributed by atoms with Gasteiger partial charge in [-0.3, -0.25) is 4.79 Å². The van der Waals surface area contributed by atoms with Crippen molar-refractivity contribution < 1.29 is 23.8 Å². The highest BCUT2D eigenvalue weighted by Gasteiger charge is 2.22. The number of carbonyl (C=O) groups is 2. The van der Waals surface area contributed by atoms with E-state index in [1.165, 1.54) is 25.6 Å². The van der Waals surface area contributed by atoms with E-state index >= 15 is 0 Å². The molecule has 10 heteroatoms. The number of aromatic amines is 1. The molecule has 2 N–H and O–H groups in total. The Balaban J connectivity index is 1.43. The molecule has 0 radical (unpaired) electrons. The molecule has 3 aromatic rings. The summed E-state index contributed by atoms with van der Waals surface area (Å²) in [6.45, 7) is 2.34. The Labute approximate surface area is 152 Å². The first-order valence-electron chi connectivity index (χ1n) is 8.17. The van der Waals surface area contributed by atoms with Gasteiger partial charge < -0.3 is 24.5 Å². The molecule has 0 aliphatic carbocycles. The van der Waals surface area contributed by atoms with Crippen molar-refractivity contribution in [1.29, 1.82) is 0 Å². The van der Waals surface area contributed by atoms with Crippen LogP contribution in [0.15, 0.2) is 30.9 Å². The van der Waals surface area contributed by atoms with Crippen LogP contribution in [0.5, 0.6) is 11.5 Å². The van der Waals surface area contributed by atoms with E-state index in [0.29, 0.717) is 35.9 Å². The van der Waals surface area contributed by atoms with Gasteiger partial charge in [0, 0.05) is 0 Å². The Bertz CT molecular complexity index is 1020. The van der Waals surface area contributed by atoms with Gasteiger partial charge in [-0.1, -0.05) is 0 Å². The molecule has 0 bridgehead atoms. The number of carbonyl (C=O) groups excluding carboxylic acids is 2. The zero-order valence-electron chi connectivity index (χ0n) is 14.3. The number of nitrogens with one attached hydrogen (secondary N) is 2. The van der Waals surface area contributed by atoms with Gasteiger partial charge in [-0.2, -0.15) is 0 Å². The van der Waals surface area contributed by atoms with Crippen molar-refractivity contribution in [3.05, 3.63) is 36.4 Å². The highest BCUT2D eigenvalue weighted by molar-refractivity contribution is 6.00. The SMILES string of the molecule is C[C@@H](OC(=O)c1ccc2c(c1)OCCO2)C(=O)Nc1ncnc2nc[nH]c12. The van der Waals surface area contributed by atoms with E-state index in [4.69, 9.17) is 14.2 Å². The van der Waals surface area contributed by atoms with Crippen molar-refractivity contribution in [2.75, 3.05) is 18.5 Å². The minimum atomic E-state index is -1.04. The number of amides is 1. The van der Waals surface area contributed by atoms with E-state index in [1.807, 2.05) is 0 Å². The molecule has 27 heavy (non-hydrogen) atoms. The fraction of sp³-hybridized carbons (Fsp3) is 0.235. The Morgan fingerprint density at radius 3 is 2.85 bits per heavy atom. The first kappa shape index (κ1) is 16.8. The largest absolute Gasteiger partial charge is 0.486 e. The Kier molecular flexibility index (Phi) is 4.29. The molecule has 1 atom stereocenters. The van der Waals surface area contributed by atoms with E-state index in [2.05, 4.69) is 25.3 Å². The number of hydrogen-bond acceptors (Lipinski definition) is 8. The molecule has 1 amide bonds. The number of benzene rings is 1. The quantitative estimate of drug-likeness (QED) is 0.659. The van der Waals surface area contributed by atoms with Crippen LogP contribution >= 0.6 is 0 Å². The lowest BCUT2D eigenvalue weighted by Gasteiger charge is -2.19. The van der Waals surface area contributed by atoms with Gasteiger partial charge in [0.05, 0.1) is 11.9 Å². The van der Waals surface area contributed by atoms with Crippen molar-refractivity contribution in [3.8, 4) is 11.5 Å². The summed E-state index contributed by atoms with van der Waals surface area (Å²) in [7, 11) is 0. The van der Waals surface area contributed by atoms with Crippen molar-refractivity contribution in [2.24, 2.45) is 0 Å². The van der Waals surface area contributed by atoms with Gasteiger partial charge in [-0.15, -0.1) is 0 Å². The molecule has 1 aliphatic heterocycles. The average molecular weight is 369 g/mol. The molecule has 2 aromatic heterocycles. The third-order valence-corrected chi connectivity index (χ3v) is 3.90. The molecule has 0 spiro atoms. The molecule has 0 saturated heterocycles. The third-order valence-electron chi connectivity index (χ3n) is 3.90. The van der Waals surface area contributed by atoms with Gasteiger partial charge in [0.1, 0.15) is 25.1 Å². The van der Waals surface area contributed by atoms with Crippen molar-refractivity contribution in [2.45, 2.75) is 13.0 Å². The topological polar surface area (TPSA) is 128 Å². The van der Waals surface area contributed by atoms with Gasteiger partial charge in [0.15, 0.2) is 29.1 Å². The summed E-state index contributed by atoms with van der Waals surface area (Å²) in [5, 5.41) is 2.59. The van der Waals surface area contributed by atoms with Crippen LogP contribution in [0.4, 0.5) is 5.82 Å². The molecule has 0 unspecified atom stereocenters. The van der Waals surface area contributed by atoms with Crippen molar-refractivity contribution in [3.63, 3.8) is 0 Å². The molecule has 138 valence electrons. The molecule has 3 heterocycles. The summed E-state index contributed by atoms with van der Waals surface area (Å²) in [6, 6.07) is 4.71. The second-order valence-electron chi connectivity index (χ2n) is 5.72. The van der Waals surface area contributed by atoms with Crippen LogP contribution in [0.25, 0.3) is 11.2 Å². The van der Waals surface area contributed by atoms with Crippen LogP contribution in [0.1, 0.15) is 17.3 Å². The van der Waals surface area contributed by atoms with Gasteiger partial charge in [-0.05, 0) is 25.1 Å². The number of fused-ring (bicyclic) bond motifs is 2. The van der Waals surface area contributed by atoms with Crippen molar-refractivity contribution >= 4 is 28.9 Å². The molecular formula is C17H15N5O5. The van der Waals surface area contributed by atoms with Gasteiger partial charge in [0.2, 0.25) is 0 Å². The van der Waals surface area contributed by atoms with Crippen LogP contribution in [-0.4, -0.2) is 51.1 Å². The monoisotopic (exact) mass is 369 g/mol. The maximum absolute atomic E-state index is 12.3. The van der Waals surface area contributed by atoms with E-state index in [-0.39, 0.29) is 11.4 Å². The van der Waals surface area contributed by atoms with Gasteiger partial charge in [0.25, 0.3) is 5.91 Å². The number of anilines is 1. The van der Waals surface area contributed by atoms with Crippen LogP contribution in [0.3, 0.4) is 0 Å². The lowest BCUT2D eigenvalue weighted by atomic mass is 10.2. The number of hydrogen-bond donors (Lipinski definition) is 2. The molecule has 4 rings (SSSR count). The minimum Gasteiger partial charge on any atom is -0.486 e. The summed E-state index contributed by atoms with van der Waals surface area (Å²) < 4.78 is 16.1. The standard InChI is InChI=1S/C17H15N5O5/c1-9(16(23)22-15-13-14(19-7-18-13)20-8-21-15)27-17(24)10-2-3-11-12(6-10)26-5-4-25-11/h2-3,6-9H,4-5H2,1H3,(H2,18,19,20,21,22,23)/t9-/m1/s1. The van der Waals surface area contributed by atoms with E-state index in [1.54, 1.807) is 12.1 Å². The summed E-state index contributed by atoms with van der Waals surface area (Å²) >= 11 is 0. The molecule has 0 fully saturated rings. The lowest BCUT2D eigenvalue weighted by Crippen LogP contribution is -2.30. The van der Waals surface area contributed by atoms with E-state index in [9.17, 15) is 9.59 Å². The second kappa shape index (κ2) is 6.90. The van der Waals surface area contributed by atoms with E-state index in [0.717, 1.165) is 0 Å². The summed E-state index contributed by atoms with van der Waals surface area (Å²) in [5.41, 5.74) is 1.16. The first-order chi connectivity index (χ1) is 13.1. The minimum absolute atomic E-state index is 0.254. The molecule has 1 aliphatic rings. The molecule has 0 saturated carbocycles. The first-order valence-corrected chi connectivity index (χ1v) is 8.17. The zero-order chi connectivity index (χ0) is 18.8. The second-order valence-corrected chi connectivity index (χ2v) is 5.72. The Hall–Kier alpha value is -3.69. The van der Waals surface area contributed by atoms with Gasteiger partial charge in [-0.25, -0.2) is 19.7 Å². The van der Waals surface area contributed by atoms with Crippen LogP contribution < -0.4 is 14.8 Å². The Morgan fingerprint density at radius 1 is 1.19 bits per heavy atom. The number of rotatable bonds is 4. The summed E-state index contributed by atoms with van der Waals surface area (Å²) in [6.07, 6.45) is 1.68. The zero-order valence-corrected chi connectivity index (χ0v) is 14.3. The van der Waals surface area contributed by atoms with Crippen LogP contribution in [0.2, 0.25) is 0 Å². The summed E-state index contributed by atoms with van der Waals surface area (Å²) in [5.74, 6) is 0.107. The number of aromatic nitrogens is 4. The fourth-order valence-electron chi connectivity index (χ4n) is 2.53. The predicted molar refractivity (Wildman–Crippen MR) is 92.6 cm³/mol. The van der Waals surface area contributed by atoms with Gasteiger partial charge >= 0.3 is 5.97 Å². The maximum atomic E-state index is 12.3. The molecule has 10 nitrogen and oxygen atoms in total. The number of esters is 1. The highest BCUT2D eigenvalue weighted by atomic mass is 16.6. The van der Waals surface area contributed by atoms with Crippen molar-refractivity contribution in [1.82, 2.24) is 19.9 Å². The average Bonchev–Trinajstić information content (AvgIpc) is 3.17. The highest BCUT2D eigenvalue weighted by Crippen LogP contribution is 2.31. The number of nitrogens with zero attached hydrogens (tertiary/aromatic N) is 3.